The van der Waals surface area contributed by atoms with Gasteiger partial charge in [0.25, 0.3) is 11.8 Å². The van der Waals surface area contributed by atoms with Gasteiger partial charge in [0, 0.05) is 0 Å². The summed E-state index contributed by atoms with van der Waals surface area (Å²) in [4.78, 5) is 39.6. The number of anilines is 1. The fourth-order valence-electron chi connectivity index (χ4n) is 4.18. The number of nitrogens with one attached hydrogen (secondary N) is 1. The number of halogens is 1. The quantitative estimate of drug-likeness (QED) is 0.192. The molecule has 9 heteroatoms. The molecule has 0 unspecified atom stereocenters. The highest BCUT2D eigenvalue weighted by Crippen LogP contribution is 2.38. The zero-order valence-electron chi connectivity index (χ0n) is 22.0. The Morgan fingerprint density at radius 1 is 0.805 bits per heavy atom. The maximum Gasteiger partial charge on any atom is 0.335 e. The summed E-state index contributed by atoms with van der Waals surface area (Å²) in [6.45, 7) is 0.637. The molecule has 8 nitrogen and oxygen atoms in total. The summed E-state index contributed by atoms with van der Waals surface area (Å²) in [5.74, 6) is -0.394. The van der Waals surface area contributed by atoms with Gasteiger partial charge in [0.2, 0.25) is 0 Å². The molecule has 1 aliphatic rings. The molecule has 0 atom stereocenters. The smallest absolute Gasteiger partial charge is 0.335 e. The molecule has 1 saturated heterocycles. The van der Waals surface area contributed by atoms with E-state index in [-0.39, 0.29) is 22.9 Å². The van der Waals surface area contributed by atoms with Crippen LogP contribution >= 0.6 is 11.6 Å². The predicted octanol–water partition coefficient (Wildman–Crippen LogP) is 6.17. The molecule has 206 valence electrons. The molecular weight excluding hydrogens is 544 g/mol. The third-order valence-corrected chi connectivity index (χ3v) is 6.51. The van der Waals surface area contributed by atoms with Gasteiger partial charge in [-0.15, -0.1) is 0 Å². The fourth-order valence-corrected chi connectivity index (χ4v) is 4.46. The second-order valence-electron chi connectivity index (χ2n) is 9.03. The lowest BCUT2D eigenvalue weighted by Crippen LogP contribution is -2.54. The van der Waals surface area contributed by atoms with Crippen LogP contribution in [0.1, 0.15) is 16.7 Å². The molecule has 0 saturated carbocycles. The van der Waals surface area contributed by atoms with E-state index in [0.717, 1.165) is 16.0 Å². The van der Waals surface area contributed by atoms with E-state index in [2.05, 4.69) is 5.32 Å². The molecule has 1 aliphatic heterocycles. The van der Waals surface area contributed by atoms with E-state index in [9.17, 15) is 14.4 Å². The van der Waals surface area contributed by atoms with Crippen molar-refractivity contribution in [2.24, 2.45) is 0 Å². The molecule has 0 aromatic heterocycles. The monoisotopic (exact) mass is 568 g/mol. The van der Waals surface area contributed by atoms with E-state index in [0.29, 0.717) is 29.4 Å². The lowest BCUT2D eigenvalue weighted by Gasteiger charge is -2.26. The summed E-state index contributed by atoms with van der Waals surface area (Å²) < 4.78 is 17.1. The van der Waals surface area contributed by atoms with Crippen LogP contribution in [0.25, 0.3) is 6.08 Å². The molecule has 41 heavy (non-hydrogen) atoms. The van der Waals surface area contributed by atoms with Gasteiger partial charge in [-0.05, 0) is 59.2 Å². The molecule has 0 spiro atoms. The molecule has 1 heterocycles. The van der Waals surface area contributed by atoms with Crippen LogP contribution in [-0.2, 0) is 22.8 Å². The number of nitrogens with zero attached hydrogens (tertiary/aromatic N) is 1. The Bertz CT molecular complexity index is 1610. The van der Waals surface area contributed by atoms with E-state index >= 15 is 0 Å². The summed E-state index contributed by atoms with van der Waals surface area (Å²) in [5, 5.41) is 2.45. The first-order chi connectivity index (χ1) is 19.9. The third kappa shape index (κ3) is 6.40. The number of benzene rings is 4. The second kappa shape index (κ2) is 12.4. The van der Waals surface area contributed by atoms with Crippen LogP contribution in [0.2, 0.25) is 5.02 Å². The fraction of sp³-hybridized carbons (Fsp3) is 0.0938. The lowest BCUT2D eigenvalue weighted by molar-refractivity contribution is -0.122. The zero-order valence-corrected chi connectivity index (χ0v) is 22.8. The number of ether oxygens (including phenoxy) is 3. The number of methoxy groups -OCH3 is 1. The number of carbonyl (C=O) groups is 3. The van der Waals surface area contributed by atoms with Crippen LogP contribution in [0, 0.1) is 0 Å². The van der Waals surface area contributed by atoms with Gasteiger partial charge < -0.3 is 14.2 Å². The van der Waals surface area contributed by atoms with Crippen molar-refractivity contribution in [3.8, 4) is 17.2 Å². The van der Waals surface area contributed by atoms with Crippen LogP contribution in [0.3, 0.4) is 0 Å². The zero-order chi connectivity index (χ0) is 28.8. The van der Waals surface area contributed by atoms with Gasteiger partial charge in [0.15, 0.2) is 11.5 Å². The Labute approximate surface area is 241 Å². The topological polar surface area (TPSA) is 94.2 Å². The summed E-state index contributed by atoms with van der Waals surface area (Å²) in [6, 6.07) is 28.0. The van der Waals surface area contributed by atoms with Gasteiger partial charge >= 0.3 is 6.03 Å². The third-order valence-electron chi connectivity index (χ3n) is 6.23. The number of carbonyl (C=O) groups excluding carboxylic acids is 3. The molecule has 4 aromatic rings. The van der Waals surface area contributed by atoms with Crippen molar-refractivity contribution in [1.82, 2.24) is 5.32 Å². The van der Waals surface area contributed by atoms with Crippen molar-refractivity contribution in [3.63, 3.8) is 0 Å². The summed E-state index contributed by atoms with van der Waals surface area (Å²) in [6.07, 6.45) is 1.35. The van der Waals surface area contributed by atoms with Crippen molar-refractivity contribution in [1.29, 1.82) is 0 Å². The standard InChI is InChI=1S/C32H25ClN2O6/c1-39-28-18-23(17-27(33)29(28)41-20-22-10-6-3-7-11-22)16-26-30(36)34-32(38)35(31(26)37)24-12-14-25(15-13-24)40-19-21-8-4-2-5-9-21/h2-18H,19-20H2,1H3,(H,34,36,38)/b26-16+. The average molecular weight is 569 g/mol. The van der Waals surface area contributed by atoms with Crippen LogP contribution in [0.15, 0.2) is 103 Å². The maximum atomic E-state index is 13.4. The molecule has 5 rings (SSSR count). The van der Waals surface area contributed by atoms with Gasteiger partial charge in [-0.1, -0.05) is 72.3 Å². The first-order valence-corrected chi connectivity index (χ1v) is 13.0. The maximum absolute atomic E-state index is 13.4. The number of rotatable bonds is 9. The highest BCUT2D eigenvalue weighted by molar-refractivity contribution is 6.39. The van der Waals surface area contributed by atoms with Crippen molar-refractivity contribution >= 4 is 41.2 Å². The number of barbiturate groups is 1. The molecule has 0 radical (unpaired) electrons. The Hall–Kier alpha value is -5.08. The molecule has 4 aromatic carbocycles. The van der Waals surface area contributed by atoms with Gasteiger partial charge in [-0.3, -0.25) is 14.9 Å². The van der Waals surface area contributed by atoms with E-state index in [4.69, 9.17) is 25.8 Å². The predicted molar refractivity (Wildman–Crippen MR) is 155 cm³/mol. The van der Waals surface area contributed by atoms with Crippen LogP contribution in [0.4, 0.5) is 10.5 Å². The summed E-state index contributed by atoms with van der Waals surface area (Å²) >= 11 is 6.50. The van der Waals surface area contributed by atoms with Crippen molar-refractivity contribution in [2.45, 2.75) is 13.2 Å². The highest BCUT2D eigenvalue weighted by Gasteiger charge is 2.37. The minimum atomic E-state index is -0.852. The number of hydrogen-bond donors (Lipinski definition) is 1. The van der Waals surface area contributed by atoms with Crippen LogP contribution in [0.5, 0.6) is 17.2 Å². The Morgan fingerprint density at radius 2 is 1.41 bits per heavy atom. The van der Waals surface area contributed by atoms with E-state index < -0.39 is 17.8 Å². The normalized spacial score (nSPS) is 14.1. The number of hydrogen-bond acceptors (Lipinski definition) is 6. The molecule has 0 bridgehead atoms. The van der Waals surface area contributed by atoms with Crippen molar-refractivity contribution in [2.75, 3.05) is 12.0 Å². The number of amides is 4. The highest BCUT2D eigenvalue weighted by atomic mass is 35.5. The number of urea groups is 1. The van der Waals surface area contributed by atoms with E-state index in [1.165, 1.54) is 13.2 Å². The number of imide groups is 2. The summed E-state index contributed by atoms with van der Waals surface area (Å²) in [5.41, 5.74) is 2.39. The Morgan fingerprint density at radius 3 is 2.02 bits per heavy atom. The minimum Gasteiger partial charge on any atom is -0.493 e. The van der Waals surface area contributed by atoms with Gasteiger partial charge in [0.05, 0.1) is 17.8 Å². The SMILES string of the molecule is COc1cc(/C=C2\C(=O)NC(=O)N(c3ccc(OCc4ccccc4)cc3)C2=O)cc(Cl)c1OCc1ccccc1. The second-order valence-corrected chi connectivity index (χ2v) is 9.44. The first kappa shape index (κ1) is 27.5. The molecule has 1 N–H and O–H groups in total. The molecule has 4 amide bonds. The molecular formula is C32H25ClN2O6. The minimum absolute atomic E-state index is 0.231. The van der Waals surface area contributed by atoms with Gasteiger partial charge in [0.1, 0.15) is 24.5 Å². The van der Waals surface area contributed by atoms with E-state index in [1.807, 2.05) is 60.7 Å². The Kier molecular flexibility index (Phi) is 8.31. The molecule has 1 fully saturated rings. The van der Waals surface area contributed by atoms with Gasteiger partial charge in [-0.2, -0.15) is 0 Å². The van der Waals surface area contributed by atoms with E-state index in [1.54, 1.807) is 36.4 Å². The lowest BCUT2D eigenvalue weighted by atomic mass is 10.1. The van der Waals surface area contributed by atoms with Gasteiger partial charge in [-0.25, -0.2) is 9.69 Å². The largest absolute Gasteiger partial charge is 0.493 e. The first-order valence-electron chi connectivity index (χ1n) is 12.7. The summed E-state index contributed by atoms with van der Waals surface area (Å²) in [7, 11) is 1.46. The van der Waals surface area contributed by atoms with Crippen molar-refractivity contribution in [3.05, 3.63) is 124 Å². The average Bonchev–Trinajstić information content (AvgIpc) is 2.99. The van der Waals surface area contributed by atoms with Crippen molar-refractivity contribution < 1.29 is 28.6 Å². The molecule has 0 aliphatic carbocycles. The Balaban J connectivity index is 1.35. The van der Waals surface area contributed by atoms with Crippen LogP contribution < -0.4 is 24.4 Å². The van der Waals surface area contributed by atoms with Crippen LogP contribution in [-0.4, -0.2) is 25.0 Å².